The van der Waals surface area contributed by atoms with Gasteiger partial charge in [-0.05, 0) is 48.2 Å². The lowest BCUT2D eigenvalue weighted by Gasteiger charge is -2.24. The Hall–Kier alpha value is -3.74. The minimum Gasteiger partial charge on any atom is -0.339 e. The van der Waals surface area contributed by atoms with Crippen molar-refractivity contribution in [3.05, 3.63) is 72.4 Å². The first kappa shape index (κ1) is 31.8. The van der Waals surface area contributed by atoms with Crippen LogP contribution in [0.5, 0.6) is 0 Å². The van der Waals surface area contributed by atoms with E-state index < -0.39 is 28.1 Å². The number of sulfonamides is 1. The number of unbranched alkanes of at least 4 members (excludes halogenated alkanes) is 2. The maximum Gasteiger partial charge on any atom is 0.516 e. The van der Waals surface area contributed by atoms with Gasteiger partial charge in [-0.3, -0.25) is 13.9 Å². The standard InChI is InChI=1S/C28H32F4N4O4S/c1-19(2)26-33-25(40-34-26)10-5-4-6-17-36(27(37)20(3)15-16-29)24-9-7-8-22(18-24)21-11-13-23(14-12-21)35-41(38,39)28(30,31)32/h7-9,11-14,18-19,35H,3-6,10,15-17H2,1-2H3. The summed E-state index contributed by atoms with van der Waals surface area (Å²) in [6.07, 6.45) is 2.66. The van der Waals surface area contributed by atoms with Crippen molar-refractivity contribution in [2.75, 3.05) is 22.8 Å². The van der Waals surface area contributed by atoms with E-state index in [1.165, 1.54) is 33.9 Å². The molecule has 41 heavy (non-hydrogen) atoms. The molecule has 1 aromatic heterocycles. The lowest BCUT2D eigenvalue weighted by molar-refractivity contribution is -0.115. The van der Waals surface area contributed by atoms with Gasteiger partial charge in [0.25, 0.3) is 5.91 Å². The molecule has 0 aliphatic rings. The molecule has 0 radical (unpaired) electrons. The van der Waals surface area contributed by atoms with Crippen molar-refractivity contribution < 1.29 is 35.3 Å². The number of nitrogens with zero attached hydrogens (tertiary/aromatic N) is 3. The molecule has 13 heteroatoms. The number of hydrogen-bond acceptors (Lipinski definition) is 6. The number of halogens is 4. The van der Waals surface area contributed by atoms with Crippen LogP contribution in [0.25, 0.3) is 11.1 Å². The van der Waals surface area contributed by atoms with Crippen molar-refractivity contribution in [2.24, 2.45) is 0 Å². The monoisotopic (exact) mass is 596 g/mol. The molecule has 1 heterocycles. The zero-order valence-corrected chi connectivity index (χ0v) is 23.6. The third-order valence-electron chi connectivity index (χ3n) is 6.15. The fourth-order valence-corrected chi connectivity index (χ4v) is 4.45. The molecule has 3 rings (SSSR count). The maximum absolute atomic E-state index is 13.2. The van der Waals surface area contributed by atoms with Gasteiger partial charge in [-0.25, -0.2) is 0 Å². The Labute approximate surface area is 236 Å². The fraction of sp³-hybridized carbons (Fsp3) is 0.393. The first-order valence-electron chi connectivity index (χ1n) is 13.0. The number of carbonyl (C=O) groups excluding carboxylic acids is 1. The molecule has 2 aromatic carbocycles. The van der Waals surface area contributed by atoms with E-state index in [1.54, 1.807) is 24.3 Å². The van der Waals surface area contributed by atoms with Gasteiger partial charge < -0.3 is 9.42 Å². The summed E-state index contributed by atoms with van der Waals surface area (Å²) >= 11 is 0. The first-order chi connectivity index (χ1) is 19.3. The van der Waals surface area contributed by atoms with E-state index in [4.69, 9.17) is 4.52 Å². The molecule has 0 saturated carbocycles. The van der Waals surface area contributed by atoms with Crippen molar-refractivity contribution in [1.82, 2.24) is 10.1 Å². The van der Waals surface area contributed by atoms with E-state index in [2.05, 4.69) is 16.7 Å². The molecule has 0 aliphatic heterocycles. The largest absolute Gasteiger partial charge is 0.516 e. The fourth-order valence-electron chi connectivity index (χ4n) is 3.88. The quantitative estimate of drug-likeness (QED) is 0.125. The molecule has 0 unspecified atom stereocenters. The van der Waals surface area contributed by atoms with Gasteiger partial charge in [0, 0.05) is 42.3 Å². The molecule has 0 saturated heterocycles. The van der Waals surface area contributed by atoms with E-state index in [0.717, 1.165) is 12.8 Å². The van der Waals surface area contributed by atoms with Crippen molar-refractivity contribution in [3.63, 3.8) is 0 Å². The van der Waals surface area contributed by atoms with Crippen LogP contribution in [0.1, 0.15) is 57.2 Å². The van der Waals surface area contributed by atoms with Crippen LogP contribution in [-0.4, -0.2) is 43.2 Å². The van der Waals surface area contributed by atoms with Crippen molar-refractivity contribution in [3.8, 4) is 11.1 Å². The molecule has 222 valence electrons. The third kappa shape index (κ3) is 8.62. The lowest BCUT2D eigenvalue weighted by Crippen LogP contribution is -2.33. The molecule has 1 N–H and O–H groups in total. The summed E-state index contributed by atoms with van der Waals surface area (Å²) in [5.41, 5.74) is -3.80. The van der Waals surface area contributed by atoms with Gasteiger partial charge in [-0.2, -0.15) is 26.6 Å². The van der Waals surface area contributed by atoms with Crippen LogP contribution in [0, 0.1) is 0 Å². The summed E-state index contributed by atoms with van der Waals surface area (Å²) in [6.45, 7) is 7.31. The van der Waals surface area contributed by atoms with Crippen LogP contribution in [0.3, 0.4) is 0 Å². The number of aromatic nitrogens is 2. The van der Waals surface area contributed by atoms with Crippen LogP contribution >= 0.6 is 0 Å². The minimum atomic E-state index is -5.54. The highest BCUT2D eigenvalue weighted by atomic mass is 32.2. The highest BCUT2D eigenvalue weighted by molar-refractivity contribution is 7.93. The number of benzene rings is 2. The van der Waals surface area contributed by atoms with Gasteiger partial charge in [-0.15, -0.1) is 0 Å². The average molecular weight is 597 g/mol. The number of nitrogens with one attached hydrogen (secondary N) is 1. The molecule has 0 spiro atoms. The molecule has 8 nitrogen and oxygen atoms in total. The zero-order valence-electron chi connectivity index (χ0n) is 22.7. The number of amides is 1. The maximum atomic E-state index is 13.2. The molecule has 0 fully saturated rings. The highest BCUT2D eigenvalue weighted by Crippen LogP contribution is 2.29. The minimum absolute atomic E-state index is 0.0976. The van der Waals surface area contributed by atoms with Crippen LogP contribution in [-0.2, 0) is 21.2 Å². The van der Waals surface area contributed by atoms with Gasteiger partial charge in [0.15, 0.2) is 5.82 Å². The van der Waals surface area contributed by atoms with Gasteiger partial charge in [0.05, 0.1) is 6.67 Å². The number of alkyl halides is 4. The number of rotatable bonds is 14. The van der Waals surface area contributed by atoms with Crippen LogP contribution in [0.4, 0.5) is 28.9 Å². The molecule has 1 amide bonds. The van der Waals surface area contributed by atoms with E-state index in [1.807, 2.05) is 13.8 Å². The summed E-state index contributed by atoms with van der Waals surface area (Å²) in [5, 5.41) is 3.95. The van der Waals surface area contributed by atoms with Crippen molar-refractivity contribution >= 4 is 27.3 Å². The predicted octanol–water partition coefficient (Wildman–Crippen LogP) is 6.78. The Morgan fingerprint density at radius 3 is 2.39 bits per heavy atom. The smallest absolute Gasteiger partial charge is 0.339 e. The third-order valence-corrected chi connectivity index (χ3v) is 7.26. The summed E-state index contributed by atoms with van der Waals surface area (Å²) in [7, 11) is -5.54. The number of aryl methyl sites for hydroxylation is 1. The van der Waals surface area contributed by atoms with E-state index >= 15 is 0 Å². The van der Waals surface area contributed by atoms with E-state index in [-0.39, 0.29) is 23.6 Å². The van der Waals surface area contributed by atoms with Gasteiger partial charge in [0.1, 0.15) is 0 Å². The SMILES string of the molecule is C=C(CCF)C(=O)N(CCCCCc1nc(C(C)C)no1)c1cccc(-c2ccc(NS(=O)(=O)C(F)(F)F)cc2)c1. The van der Waals surface area contributed by atoms with Crippen LogP contribution in [0.2, 0.25) is 0 Å². The summed E-state index contributed by atoms with van der Waals surface area (Å²) in [6, 6.07) is 12.3. The normalized spacial score (nSPS) is 12.0. The van der Waals surface area contributed by atoms with Crippen molar-refractivity contribution in [1.29, 1.82) is 0 Å². The molecular formula is C28H32F4N4O4S. The summed E-state index contributed by atoms with van der Waals surface area (Å²) < 4.78 is 80.5. The topological polar surface area (TPSA) is 105 Å². The summed E-state index contributed by atoms with van der Waals surface area (Å²) in [5.74, 6) is 0.971. The Morgan fingerprint density at radius 2 is 1.78 bits per heavy atom. The van der Waals surface area contributed by atoms with Gasteiger partial charge >= 0.3 is 15.5 Å². The number of anilines is 2. The molecule has 0 atom stereocenters. The number of hydrogen-bond donors (Lipinski definition) is 1. The molecule has 0 bridgehead atoms. The zero-order chi connectivity index (χ0) is 30.2. The van der Waals surface area contributed by atoms with Gasteiger partial charge in [0.2, 0.25) is 5.89 Å². The second-order valence-corrected chi connectivity index (χ2v) is 11.4. The predicted molar refractivity (Wildman–Crippen MR) is 149 cm³/mol. The second-order valence-electron chi connectivity index (χ2n) is 9.69. The highest BCUT2D eigenvalue weighted by Gasteiger charge is 2.46. The van der Waals surface area contributed by atoms with E-state index in [9.17, 15) is 30.8 Å². The molecular weight excluding hydrogens is 564 g/mol. The Kier molecular flexibility index (Phi) is 10.7. The Bertz CT molecular complexity index is 1440. The van der Waals surface area contributed by atoms with Gasteiger partial charge in [-0.1, -0.05) is 56.3 Å². The summed E-state index contributed by atoms with van der Waals surface area (Å²) in [4.78, 5) is 19.0. The lowest BCUT2D eigenvalue weighted by atomic mass is 10.0. The van der Waals surface area contributed by atoms with E-state index in [0.29, 0.717) is 47.9 Å². The average Bonchev–Trinajstić information content (AvgIpc) is 3.40. The first-order valence-corrected chi connectivity index (χ1v) is 14.5. The second kappa shape index (κ2) is 13.7. The Morgan fingerprint density at radius 1 is 1.07 bits per heavy atom. The molecule has 0 aliphatic carbocycles. The Balaban J connectivity index is 1.72. The number of carbonyl (C=O) groups is 1. The molecule has 3 aromatic rings. The van der Waals surface area contributed by atoms with Crippen molar-refractivity contribution in [2.45, 2.75) is 57.4 Å². The van der Waals surface area contributed by atoms with Crippen LogP contribution < -0.4 is 9.62 Å². The van der Waals surface area contributed by atoms with Crippen LogP contribution in [0.15, 0.2) is 65.2 Å².